The lowest BCUT2D eigenvalue weighted by atomic mass is 10.1. The van der Waals surface area contributed by atoms with Crippen LogP contribution in [0.5, 0.6) is 0 Å². The molecule has 0 unspecified atom stereocenters. The monoisotopic (exact) mass is 408 g/mol. The highest BCUT2D eigenvalue weighted by atomic mass is 32.2. The third-order valence-electron chi connectivity index (χ3n) is 4.40. The number of alkyl halides is 3. The zero-order valence-electron chi connectivity index (χ0n) is 14.3. The first kappa shape index (κ1) is 18.4. The molecule has 0 fully saturated rings. The van der Waals surface area contributed by atoms with Crippen molar-refractivity contribution in [3.8, 4) is 5.69 Å². The van der Waals surface area contributed by atoms with Crippen LogP contribution < -0.4 is 0 Å². The fourth-order valence-corrected chi connectivity index (χ4v) is 3.77. The van der Waals surface area contributed by atoms with Gasteiger partial charge in [0.2, 0.25) is 0 Å². The summed E-state index contributed by atoms with van der Waals surface area (Å²) in [6.07, 6.45) is -3.65. The van der Waals surface area contributed by atoms with E-state index in [1.807, 2.05) is 0 Å². The van der Waals surface area contributed by atoms with Gasteiger partial charge < -0.3 is 0 Å². The first-order valence-electron chi connectivity index (χ1n) is 8.04. The van der Waals surface area contributed by atoms with Crippen molar-refractivity contribution < 1.29 is 26.0 Å². The van der Waals surface area contributed by atoms with E-state index < -0.39 is 27.5 Å². The maximum atomic E-state index is 13.6. The summed E-state index contributed by atoms with van der Waals surface area (Å²) in [4.78, 5) is 0.0377. The van der Waals surface area contributed by atoms with Gasteiger partial charge in [-0.25, -0.2) is 17.5 Å². The Morgan fingerprint density at radius 3 is 2.18 bits per heavy atom. The van der Waals surface area contributed by atoms with Gasteiger partial charge in [-0.2, -0.15) is 18.3 Å². The van der Waals surface area contributed by atoms with E-state index in [1.54, 1.807) is 0 Å². The molecule has 144 valence electrons. The Hall–Kier alpha value is -2.94. The molecule has 0 bridgehead atoms. The summed E-state index contributed by atoms with van der Waals surface area (Å²) in [5.41, 5.74) is -0.650. The smallest absolute Gasteiger partial charge is 0.232 e. The van der Waals surface area contributed by atoms with E-state index >= 15 is 0 Å². The van der Waals surface area contributed by atoms with E-state index in [4.69, 9.17) is 0 Å². The molecule has 0 aliphatic carbocycles. The van der Waals surface area contributed by atoms with Crippen LogP contribution in [-0.2, 0) is 16.0 Å². The Labute approximate surface area is 156 Å². The number of benzene rings is 3. The number of rotatable bonds is 2. The van der Waals surface area contributed by atoms with Crippen molar-refractivity contribution in [2.75, 3.05) is 6.26 Å². The van der Waals surface area contributed by atoms with Gasteiger partial charge in [0.05, 0.1) is 16.1 Å². The average Bonchev–Trinajstić information content (AvgIpc) is 3.01. The maximum absolute atomic E-state index is 13.6. The highest BCUT2D eigenvalue weighted by Crippen LogP contribution is 2.38. The molecule has 28 heavy (non-hydrogen) atoms. The summed E-state index contributed by atoms with van der Waals surface area (Å²) in [5.74, 6) is -0.508. The van der Waals surface area contributed by atoms with Gasteiger partial charge in [0.1, 0.15) is 5.82 Å². The van der Waals surface area contributed by atoms with Crippen LogP contribution in [0.4, 0.5) is 17.6 Å². The second-order valence-electron chi connectivity index (χ2n) is 6.35. The largest absolute Gasteiger partial charge is 0.435 e. The van der Waals surface area contributed by atoms with Crippen LogP contribution in [0.15, 0.2) is 59.5 Å². The van der Waals surface area contributed by atoms with Crippen LogP contribution in [-0.4, -0.2) is 24.5 Å². The van der Waals surface area contributed by atoms with Gasteiger partial charge in [0.15, 0.2) is 15.5 Å². The van der Waals surface area contributed by atoms with E-state index in [-0.39, 0.29) is 21.5 Å². The standard InChI is InChI=1S/C19H12F4N2O2S/c1-28(26,27)14-6-4-13(5-7-14)25-17-15-9-3-12(20)10-11(15)2-8-16(17)18(24-25)19(21,22)23/h2-10H,1H3. The van der Waals surface area contributed by atoms with E-state index in [1.165, 1.54) is 54.6 Å². The van der Waals surface area contributed by atoms with Crippen molar-refractivity contribution in [3.63, 3.8) is 0 Å². The molecule has 4 nitrogen and oxygen atoms in total. The number of hydrogen-bond donors (Lipinski definition) is 0. The van der Waals surface area contributed by atoms with Gasteiger partial charge in [-0.15, -0.1) is 0 Å². The molecule has 0 saturated heterocycles. The van der Waals surface area contributed by atoms with E-state index in [9.17, 15) is 26.0 Å². The average molecular weight is 408 g/mol. The molecule has 3 aromatic carbocycles. The number of hydrogen-bond acceptors (Lipinski definition) is 3. The molecule has 0 aliphatic rings. The predicted octanol–water partition coefficient (Wildman–Crippen LogP) is 4.74. The van der Waals surface area contributed by atoms with Gasteiger partial charge in [-0.05, 0) is 53.9 Å². The minimum absolute atomic E-state index is 0.0377. The van der Waals surface area contributed by atoms with Crippen LogP contribution in [0, 0.1) is 5.82 Å². The minimum atomic E-state index is -4.69. The first-order chi connectivity index (χ1) is 13.1. The quantitative estimate of drug-likeness (QED) is 0.450. The van der Waals surface area contributed by atoms with Crippen molar-refractivity contribution in [1.29, 1.82) is 0 Å². The highest BCUT2D eigenvalue weighted by molar-refractivity contribution is 7.90. The predicted molar refractivity (Wildman–Crippen MR) is 96.6 cm³/mol. The van der Waals surface area contributed by atoms with Crippen molar-refractivity contribution in [1.82, 2.24) is 9.78 Å². The van der Waals surface area contributed by atoms with Crippen LogP contribution in [0.25, 0.3) is 27.4 Å². The van der Waals surface area contributed by atoms with Crippen molar-refractivity contribution in [2.45, 2.75) is 11.1 Å². The lowest BCUT2D eigenvalue weighted by Gasteiger charge is -2.07. The number of halogens is 4. The van der Waals surface area contributed by atoms with Gasteiger partial charge >= 0.3 is 6.18 Å². The van der Waals surface area contributed by atoms with Crippen LogP contribution in [0.3, 0.4) is 0 Å². The third kappa shape index (κ3) is 3.01. The minimum Gasteiger partial charge on any atom is -0.232 e. The molecule has 1 aromatic heterocycles. The molecule has 4 aromatic rings. The fraction of sp³-hybridized carbons (Fsp3) is 0.105. The molecule has 0 saturated carbocycles. The van der Waals surface area contributed by atoms with Gasteiger partial charge in [-0.3, -0.25) is 0 Å². The normalized spacial score (nSPS) is 12.8. The second kappa shape index (κ2) is 6.03. The molecule has 9 heteroatoms. The lowest BCUT2D eigenvalue weighted by Crippen LogP contribution is -2.07. The molecule has 0 atom stereocenters. The number of sulfone groups is 1. The van der Waals surface area contributed by atoms with Crippen LogP contribution in [0.2, 0.25) is 0 Å². The SMILES string of the molecule is CS(=O)(=O)c1ccc(-n2nc(C(F)(F)F)c3ccc4cc(F)ccc4c32)cc1. The molecule has 0 spiro atoms. The van der Waals surface area contributed by atoms with Crippen LogP contribution in [0.1, 0.15) is 5.69 Å². The van der Waals surface area contributed by atoms with Gasteiger partial charge in [0, 0.05) is 17.0 Å². The third-order valence-corrected chi connectivity index (χ3v) is 5.53. The summed E-state index contributed by atoms with van der Waals surface area (Å²) in [6, 6.07) is 11.8. The fourth-order valence-electron chi connectivity index (χ4n) is 3.14. The van der Waals surface area contributed by atoms with Crippen molar-refractivity contribution in [3.05, 3.63) is 66.1 Å². The van der Waals surface area contributed by atoms with E-state index in [2.05, 4.69) is 5.10 Å². The Morgan fingerprint density at radius 2 is 1.57 bits per heavy atom. The molecule has 4 rings (SSSR count). The zero-order valence-corrected chi connectivity index (χ0v) is 15.1. The summed E-state index contributed by atoms with van der Waals surface area (Å²) in [6.45, 7) is 0. The summed E-state index contributed by atoms with van der Waals surface area (Å²) in [7, 11) is -3.45. The molecule has 0 aliphatic heterocycles. The molecule has 0 radical (unpaired) electrons. The molecule has 0 N–H and O–H groups in total. The molecular formula is C19H12F4N2O2S. The molecular weight excluding hydrogens is 396 g/mol. The van der Waals surface area contributed by atoms with Crippen molar-refractivity contribution in [2.24, 2.45) is 0 Å². The Balaban J connectivity index is 2.07. The number of fused-ring (bicyclic) bond motifs is 3. The van der Waals surface area contributed by atoms with Crippen molar-refractivity contribution >= 4 is 31.5 Å². The molecule has 0 amide bonds. The van der Waals surface area contributed by atoms with E-state index in [0.717, 1.165) is 10.9 Å². The number of nitrogens with zero attached hydrogens (tertiary/aromatic N) is 2. The Morgan fingerprint density at radius 1 is 0.929 bits per heavy atom. The summed E-state index contributed by atoms with van der Waals surface area (Å²) >= 11 is 0. The molecule has 1 heterocycles. The first-order valence-corrected chi connectivity index (χ1v) is 9.93. The maximum Gasteiger partial charge on any atom is 0.435 e. The summed E-state index contributed by atoms with van der Waals surface area (Å²) < 4.78 is 78.5. The topological polar surface area (TPSA) is 52.0 Å². The summed E-state index contributed by atoms with van der Waals surface area (Å²) in [5, 5.41) is 4.44. The van der Waals surface area contributed by atoms with Gasteiger partial charge in [0.25, 0.3) is 0 Å². The Kier molecular flexibility index (Phi) is 3.97. The zero-order chi connectivity index (χ0) is 20.3. The lowest BCUT2D eigenvalue weighted by molar-refractivity contribution is -0.140. The van der Waals surface area contributed by atoms with E-state index in [0.29, 0.717) is 10.8 Å². The number of aromatic nitrogens is 2. The second-order valence-corrected chi connectivity index (χ2v) is 8.37. The van der Waals surface area contributed by atoms with Gasteiger partial charge in [-0.1, -0.05) is 6.07 Å². The Bertz CT molecular complexity index is 1320. The highest BCUT2D eigenvalue weighted by Gasteiger charge is 2.37. The van der Waals surface area contributed by atoms with Crippen LogP contribution >= 0.6 is 0 Å².